The Hall–Kier alpha value is -0.780. The SMILES string of the molecule is CCC(C)n1ccc(CC(N)CSc2ccccc2Br)n1. The zero-order valence-electron chi connectivity index (χ0n) is 12.5. The van der Waals surface area contributed by atoms with Crippen molar-refractivity contribution >= 4 is 27.7 Å². The number of halogens is 1. The van der Waals surface area contributed by atoms with E-state index in [-0.39, 0.29) is 6.04 Å². The maximum atomic E-state index is 6.24. The van der Waals surface area contributed by atoms with Crippen LogP contribution in [0.5, 0.6) is 0 Å². The molecular formula is C16H22BrN3S. The van der Waals surface area contributed by atoms with Crippen LogP contribution in [0.25, 0.3) is 0 Å². The van der Waals surface area contributed by atoms with Gasteiger partial charge in [0.2, 0.25) is 0 Å². The van der Waals surface area contributed by atoms with Crippen LogP contribution in [0.3, 0.4) is 0 Å². The van der Waals surface area contributed by atoms with Crippen LogP contribution in [0, 0.1) is 0 Å². The molecule has 1 aromatic heterocycles. The Bertz CT molecular complexity index is 570. The van der Waals surface area contributed by atoms with Crippen LogP contribution < -0.4 is 5.73 Å². The largest absolute Gasteiger partial charge is 0.327 e. The Morgan fingerprint density at radius 1 is 1.33 bits per heavy atom. The molecule has 0 radical (unpaired) electrons. The van der Waals surface area contributed by atoms with E-state index in [0.717, 1.165) is 28.8 Å². The quantitative estimate of drug-likeness (QED) is 0.742. The maximum absolute atomic E-state index is 6.24. The first-order valence-electron chi connectivity index (χ1n) is 7.27. The van der Waals surface area contributed by atoms with Crippen molar-refractivity contribution in [1.82, 2.24) is 9.78 Å². The van der Waals surface area contributed by atoms with E-state index in [0.29, 0.717) is 6.04 Å². The highest BCUT2D eigenvalue weighted by Crippen LogP contribution is 2.27. The lowest BCUT2D eigenvalue weighted by molar-refractivity contribution is 0.472. The predicted molar refractivity (Wildman–Crippen MR) is 93.8 cm³/mol. The predicted octanol–water partition coefficient (Wildman–Crippen LogP) is 4.28. The summed E-state index contributed by atoms with van der Waals surface area (Å²) in [5.41, 5.74) is 7.32. The second-order valence-corrected chi connectivity index (χ2v) is 7.17. The summed E-state index contributed by atoms with van der Waals surface area (Å²) in [6, 6.07) is 10.9. The zero-order valence-corrected chi connectivity index (χ0v) is 14.9. The van der Waals surface area contributed by atoms with Crippen LogP contribution in [0.4, 0.5) is 0 Å². The molecule has 0 aliphatic heterocycles. The third-order valence-electron chi connectivity index (χ3n) is 3.47. The third-order valence-corrected chi connectivity index (χ3v) is 5.68. The van der Waals surface area contributed by atoms with Crippen LogP contribution in [0.1, 0.15) is 32.0 Å². The van der Waals surface area contributed by atoms with Gasteiger partial charge in [-0.25, -0.2) is 0 Å². The van der Waals surface area contributed by atoms with Gasteiger partial charge in [0.25, 0.3) is 0 Å². The van der Waals surface area contributed by atoms with Crippen molar-refractivity contribution in [2.75, 3.05) is 5.75 Å². The fourth-order valence-corrected chi connectivity index (χ4v) is 3.53. The Balaban J connectivity index is 1.86. The van der Waals surface area contributed by atoms with Crippen molar-refractivity contribution in [1.29, 1.82) is 0 Å². The van der Waals surface area contributed by atoms with E-state index in [1.165, 1.54) is 4.90 Å². The average Bonchev–Trinajstić information content (AvgIpc) is 2.94. The molecule has 0 spiro atoms. The second-order valence-electron chi connectivity index (χ2n) is 5.25. The van der Waals surface area contributed by atoms with E-state index in [1.807, 2.05) is 16.8 Å². The molecule has 0 saturated carbocycles. The van der Waals surface area contributed by atoms with E-state index >= 15 is 0 Å². The molecule has 0 amide bonds. The van der Waals surface area contributed by atoms with E-state index in [9.17, 15) is 0 Å². The number of rotatable bonds is 7. The van der Waals surface area contributed by atoms with Crippen LogP contribution in [-0.2, 0) is 6.42 Å². The molecule has 0 saturated heterocycles. The zero-order chi connectivity index (χ0) is 15.2. The number of nitrogens with zero attached hydrogens (tertiary/aromatic N) is 2. The van der Waals surface area contributed by atoms with Gasteiger partial charge in [0.15, 0.2) is 0 Å². The lowest BCUT2D eigenvalue weighted by atomic mass is 10.2. The summed E-state index contributed by atoms with van der Waals surface area (Å²) in [5.74, 6) is 0.888. The topological polar surface area (TPSA) is 43.8 Å². The number of aromatic nitrogens is 2. The molecule has 2 atom stereocenters. The molecule has 1 aromatic carbocycles. The number of nitrogens with two attached hydrogens (primary N) is 1. The van der Waals surface area contributed by atoms with Crippen LogP contribution in [0.15, 0.2) is 45.9 Å². The Labute approximate surface area is 139 Å². The number of hydrogen-bond acceptors (Lipinski definition) is 3. The first-order chi connectivity index (χ1) is 10.1. The minimum absolute atomic E-state index is 0.113. The molecule has 0 fully saturated rings. The molecule has 2 rings (SSSR count). The second kappa shape index (κ2) is 8.01. The highest BCUT2D eigenvalue weighted by atomic mass is 79.9. The monoisotopic (exact) mass is 367 g/mol. The van der Waals surface area contributed by atoms with Gasteiger partial charge in [0, 0.05) is 39.8 Å². The fraction of sp³-hybridized carbons (Fsp3) is 0.438. The van der Waals surface area contributed by atoms with Gasteiger partial charge in [0.05, 0.1) is 5.69 Å². The first-order valence-corrected chi connectivity index (χ1v) is 9.05. The number of thioether (sulfide) groups is 1. The summed E-state index contributed by atoms with van der Waals surface area (Å²) in [4.78, 5) is 1.23. The van der Waals surface area contributed by atoms with Crippen LogP contribution in [-0.4, -0.2) is 21.6 Å². The molecule has 21 heavy (non-hydrogen) atoms. The van der Waals surface area contributed by atoms with Crippen molar-refractivity contribution in [2.45, 2.75) is 43.7 Å². The molecule has 5 heteroatoms. The molecule has 1 heterocycles. The van der Waals surface area contributed by atoms with Crippen molar-refractivity contribution in [2.24, 2.45) is 5.73 Å². The molecular weight excluding hydrogens is 346 g/mol. The first kappa shape index (κ1) is 16.6. The number of benzene rings is 1. The minimum Gasteiger partial charge on any atom is -0.327 e. The molecule has 0 bridgehead atoms. The van der Waals surface area contributed by atoms with Crippen molar-refractivity contribution in [3.63, 3.8) is 0 Å². The summed E-state index contributed by atoms with van der Waals surface area (Å²) in [6.45, 7) is 4.35. The highest BCUT2D eigenvalue weighted by Gasteiger charge is 2.10. The fourth-order valence-electron chi connectivity index (χ4n) is 2.00. The Kier molecular flexibility index (Phi) is 6.33. The van der Waals surface area contributed by atoms with E-state index in [1.54, 1.807) is 11.8 Å². The van der Waals surface area contributed by atoms with Crippen molar-refractivity contribution in [3.8, 4) is 0 Å². The van der Waals surface area contributed by atoms with Gasteiger partial charge in [-0.05, 0) is 47.5 Å². The van der Waals surface area contributed by atoms with E-state index in [4.69, 9.17) is 5.73 Å². The van der Waals surface area contributed by atoms with Gasteiger partial charge in [0.1, 0.15) is 0 Å². The maximum Gasteiger partial charge on any atom is 0.0640 e. The van der Waals surface area contributed by atoms with E-state index < -0.39 is 0 Å². The third kappa shape index (κ3) is 4.87. The molecule has 2 unspecified atom stereocenters. The summed E-state index contributed by atoms with van der Waals surface area (Å²) < 4.78 is 3.16. The Morgan fingerprint density at radius 2 is 2.10 bits per heavy atom. The van der Waals surface area contributed by atoms with Gasteiger partial charge in [-0.15, -0.1) is 11.8 Å². The molecule has 2 aromatic rings. The average molecular weight is 368 g/mol. The summed E-state index contributed by atoms with van der Waals surface area (Å²) in [6.07, 6.45) is 3.96. The summed E-state index contributed by atoms with van der Waals surface area (Å²) in [5, 5.41) is 4.61. The minimum atomic E-state index is 0.113. The van der Waals surface area contributed by atoms with Gasteiger partial charge in [-0.1, -0.05) is 19.1 Å². The van der Waals surface area contributed by atoms with E-state index in [2.05, 4.69) is 59.3 Å². The lowest BCUT2D eigenvalue weighted by Gasteiger charge is -2.11. The molecule has 2 N–H and O–H groups in total. The summed E-state index contributed by atoms with van der Waals surface area (Å²) in [7, 11) is 0. The number of hydrogen-bond donors (Lipinski definition) is 1. The molecule has 0 aliphatic rings. The van der Waals surface area contributed by atoms with Crippen molar-refractivity contribution in [3.05, 3.63) is 46.7 Å². The van der Waals surface area contributed by atoms with Gasteiger partial charge in [-0.2, -0.15) is 5.10 Å². The molecule has 114 valence electrons. The van der Waals surface area contributed by atoms with Crippen LogP contribution in [0.2, 0.25) is 0 Å². The normalized spacial score (nSPS) is 14.1. The van der Waals surface area contributed by atoms with Crippen molar-refractivity contribution < 1.29 is 0 Å². The Morgan fingerprint density at radius 3 is 2.81 bits per heavy atom. The highest BCUT2D eigenvalue weighted by molar-refractivity contribution is 9.10. The van der Waals surface area contributed by atoms with Gasteiger partial charge >= 0.3 is 0 Å². The standard InChI is InChI=1S/C16H22BrN3S/c1-3-12(2)20-9-8-14(19-20)10-13(18)11-21-16-7-5-4-6-15(16)17/h4-9,12-13H,3,10-11,18H2,1-2H3. The molecule has 0 aliphatic carbocycles. The smallest absolute Gasteiger partial charge is 0.0640 e. The van der Waals surface area contributed by atoms with Gasteiger partial charge in [-0.3, -0.25) is 4.68 Å². The van der Waals surface area contributed by atoms with Crippen LogP contribution >= 0.6 is 27.7 Å². The summed E-state index contributed by atoms with van der Waals surface area (Å²) >= 11 is 5.35. The lowest BCUT2D eigenvalue weighted by Crippen LogP contribution is -2.26. The molecule has 3 nitrogen and oxygen atoms in total. The van der Waals surface area contributed by atoms with Gasteiger partial charge < -0.3 is 5.73 Å².